The Morgan fingerprint density at radius 3 is 2.91 bits per heavy atom. The Bertz CT molecular complexity index is 817. The number of rotatable bonds is 3. The number of hydrogen-bond donors (Lipinski definition) is 1. The lowest BCUT2D eigenvalue weighted by atomic mass is 9.81. The smallest absolute Gasteiger partial charge is 0.264 e. The van der Waals surface area contributed by atoms with E-state index in [-0.39, 0.29) is 17.6 Å². The molecule has 0 spiro atoms. The van der Waals surface area contributed by atoms with Gasteiger partial charge >= 0.3 is 0 Å². The Hall–Kier alpha value is -2.45. The first-order chi connectivity index (χ1) is 11.1. The Kier molecular flexibility index (Phi) is 4.26. The molecule has 1 aliphatic rings. The monoisotopic (exact) mass is 324 g/mol. The van der Waals surface area contributed by atoms with E-state index in [2.05, 4.69) is 10.2 Å². The summed E-state index contributed by atoms with van der Waals surface area (Å²) < 4.78 is 0. The molecular formula is C18H16N2O2S. The molecular weight excluding hydrogens is 308 g/mol. The summed E-state index contributed by atoms with van der Waals surface area (Å²) in [6, 6.07) is 8.77. The topological polar surface area (TPSA) is 50.5 Å². The number of carbonyl (C=O) groups is 2. The van der Waals surface area contributed by atoms with Gasteiger partial charge in [-0.1, -0.05) is 13.0 Å². The molecule has 5 heteroatoms. The number of hydrogen-bond acceptors (Lipinski definition) is 3. The van der Waals surface area contributed by atoms with Crippen molar-refractivity contribution in [3.8, 4) is 0 Å². The molecule has 1 aromatic heterocycles. The predicted molar refractivity (Wildman–Crippen MR) is 91.4 cm³/mol. The molecule has 4 nitrogen and oxygen atoms in total. The molecule has 1 N–H and O–H groups in total. The van der Waals surface area contributed by atoms with Gasteiger partial charge in [0.25, 0.3) is 5.91 Å². The van der Waals surface area contributed by atoms with Crippen LogP contribution in [0.2, 0.25) is 0 Å². The van der Waals surface area contributed by atoms with E-state index in [0.717, 1.165) is 30.4 Å². The molecule has 1 unspecified atom stereocenters. The van der Waals surface area contributed by atoms with Crippen LogP contribution < -0.4 is 5.32 Å². The van der Waals surface area contributed by atoms with Gasteiger partial charge in [-0.3, -0.25) is 9.59 Å². The first-order valence-corrected chi connectivity index (χ1v) is 8.39. The Morgan fingerprint density at radius 1 is 1.39 bits per heavy atom. The van der Waals surface area contributed by atoms with Crippen molar-refractivity contribution in [2.75, 3.05) is 5.32 Å². The summed E-state index contributed by atoms with van der Waals surface area (Å²) in [5.41, 5.74) is 2.48. The van der Waals surface area contributed by atoms with Crippen LogP contribution in [-0.2, 0) is 6.42 Å². The number of fused-ring (bicyclic) bond motifs is 1. The van der Waals surface area contributed by atoms with Crippen molar-refractivity contribution >= 4 is 33.7 Å². The number of nitrogens with one attached hydrogen (secondary N) is 1. The summed E-state index contributed by atoms with van der Waals surface area (Å²) in [5, 5.41) is 3.34. The fourth-order valence-corrected chi connectivity index (χ4v) is 3.58. The van der Waals surface area contributed by atoms with Crippen LogP contribution in [0.4, 0.5) is 10.7 Å². The molecule has 1 aromatic carbocycles. The lowest BCUT2D eigenvalue weighted by Crippen LogP contribution is -2.22. The van der Waals surface area contributed by atoms with Crippen molar-refractivity contribution in [2.24, 2.45) is 5.92 Å². The van der Waals surface area contributed by atoms with E-state index in [0.29, 0.717) is 15.6 Å². The maximum absolute atomic E-state index is 12.3. The Labute approximate surface area is 139 Å². The number of anilines is 1. The van der Waals surface area contributed by atoms with Crippen LogP contribution in [0.25, 0.3) is 4.85 Å². The highest BCUT2D eigenvalue weighted by Gasteiger charge is 2.26. The van der Waals surface area contributed by atoms with Crippen molar-refractivity contribution in [3.05, 3.63) is 57.8 Å². The predicted octanol–water partition coefficient (Wildman–Crippen LogP) is 4.71. The molecule has 0 aliphatic heterocycles. The highest BCUT2D eigenvalue weighted by Crippen LogP contribution is 2.30. The van der Waals surface area contributed by atoms with Gasteiger partial charge in [-0.25, -0.2) is 4.85 Å². The summed E-state index contributed by atoms with van der Waals surface area (Å²) in [6.07, 6.45) is 2.61. The van der Waals surface area contributed by atoms with Crippen molar-refractivity contribution in [3.63, 3.8) is 0 Å². The summed E-state index contributed by atoms with van der Waals surface area (Å²) in [5.74, 6) is 0.117. The number of nitrogens with zero attached hydrogens (tertiary/aromatic N) is 1. The van der Waals surface area contributed by atoms with E-state index in [1.54, 1.807) is 18.2 Å². The lowest BCUT2D eigenvalue weighted by molar-refractivity contribution is 0.0898. The molecule has 0 fully saturated rings. The molecule has 23 heavy (non-hydrogen) atoms. The van der Waals surface area contributed by atoms with Gasteiger partial charge in [0.05, 0.1) is 11.4 Å². The van der Waals surface area contributed by atoms with Gasteiger partial charge < -0.3 is 5.32 Å². The molecule has 3 rings (SSSR count). The van der Waals surface area contributed by atoms with Crippen molar-refractivity contribution in [1.82, 2.24) is 0 Å². The molecule has 1 aliphatic carbocycles. The zero-order chi connectivity index (χ0) is 16.4. The molecule has 0 saturated carbocycles. The first kappa shape index (κ1) is 15.4. The molecule has 1 heterocycles. The number of thiophene rings is 1. The standard InChI is InChI=1S/C18H16N2O2S/c1-3-11-4-5-12-10-13(6-7-14(12)17(11)21)20-18(22)15-8-9-16(19-2)23-15/h6-11H,3-5H2,1H3,(H,20,22). The minimum atomic E-state index is -0.224. The summed E-state index contributed by atoms with van der Waals surface area (Å²) in [6.45, 7) is 8.99. The van der Waals surface area contributed by atoms with Crippen molar-refractivity contribution in [1.29, 1.82) is 0 Å². The first-order valence-electron chi connectivity index (χ1n) is 7.58. The molecule has 116 valence electrons. The van der Waals surface area contributed by atoms with Gasteiger partial charge in [0, 0.05) is 17.2 Å². The van der Waals surface area contributed by atoms with Gasteiger partial charge in [0.2, 0.25) is 5.00 Å². The van der Waals surface area contributed by atoms with E-state index >= 15 is 0 Å². The van der Waals surface area contributed by atoms with Gasteiger partial charge in [-0.2, -0.15) is 0 Å². The molecule has 2 aromatic rings. The highest BCUT2D eigenvalue weighted by atomic mass is 32.1. The molecule has 0 radical (unpaired) electrons. The third kappa shape index (κ3) is 3.03. The van der Waals surface area contributed by atoms with Crippen LogP contribution in [-0.4, -0.2) is 11.7 Å². The second-order valence-electron chi connectivity index (χ2n) is 5.58. The summed E-state index contributed by atoms with van der Waals surface area (Å²) in [4.78, 5) is 28.4. The normalized spacial score (nSPS) is 16.5. The van der Waals surface area contributed by atoms with E-state index in [9.17, 15) is 9.59 Å². The molecule has 0 saturated heterocycles. The zero-order valence-electron chi connectivity index (χ0n) is 12.8. The van der Waals surface area contributed by atoms with E-state index in [1.807, 2.05) is 19.1 Å². The number of Topliss-reactive ketones (excluding diaryl/α,β-unsaturated/α-hetero) is 1. The third-order valence-electron chi connectivity index (χ3n) is 4.18. The summed E-state index contributed by atoms with van der Waals surface area (Å²) >= 11 is 1.17. The number of amides is 1. The summed E-state index contributed by atoms with van der Waals surface area (Å²) in [7, 11) is 0. The number of aryl methyl sites for hydroxylation is 1. The third-order valence-corrected chi connectivity index (χ3v) is 5.16. The number of carbonyl (C=O) groups excluding carboxylic acids is 2. The Balaban J connectivity index is 1.79. The number of benzene rings is 1. The van der Waals surface area contributed by atoms with E-state index in [1.165, 1.54) is 11.3 Å². The van der Waals surface area contributed by atoms with E-state index < -0.39 is 0 Å². The van der Waals surface area contributed by atoms with Gasteiger partial charge in [0.15, 0.2) is 5.78 Å². The average Bonchev–Trinajstić information content (AvgIpc) is 3.04. The van der Waals surface area contributed by atoms with Crippen LogP contribution >= 0.6 is 11.3 Å². The van der Waals surface area contributed by atoms with Crippen LogP contribution in [0.15, 0.2) is 30.3 Å². The van der Waals surface area contributed by atoms with Crippen molar-refractivity contribution in [2.45, 2.75) is 26.2 Å². The maximum atomic E-state index is 12.3. The number of ketones is 1. The fourth-order valence-electron chi connectivity index (χ4n) is 2.89. The van der Waals surface area contributed by atoms with Crippen LogP contribution in [0.5, 0.6) is 0 Å². The van der Waals surface area contributed by atoms with Gasteiger partial charge in [-0.05, 0) is 49.1 Å². The van der Waals surface area contributed by atoms with Crippen LogP contribution in [0.1, 0.15) is 45.4 Å². The van der Waals surface area contributed by atoms with Gasteiger partial charge in [-0.15, -0.1) is 11.3 Å². The van der Waals surface area contributed by atoms with Crippen LogP contribution in [0, 0.1) is 12.5 Å². The second-order valence-corrected chi connectivity index (χ2v) is 6.65. The molecule has 1 amide bonds. The minimum Gasteiger partial charge on any atom is -0.321 e. The molecule has 0 bridgehead atoms. The van der Waals surface area contributed by atoms with E-state index in [4.69, 9.17) is 6.57 Å². The van der Waals surface area contributed by atoms with Gasteiger partial charge in [0.1, 0.15) is 0 Å². The minimum absolute atomic E-state index is 0.126. The average molecular weight is 324 g/mol. The van der Waals surface area contributed by atoms with Crippen LogP contribution in [0.3, 0.4) is 0 Å². The largest absolute Gasteiger partial charge is 0.321 e. The second kappa shape index (κ2) is 6.35. The molecule has 1 atom stereocenters. The maximum Gasteiger partial charge on any atom is 0.264 e. The zero-order valence-corrected chi connectivity index (χ0v) is 13.6. The SMILES string of the molecule is [C-]#[N+]c1ccc(C(=O)Nc2ccc3c(c2)CCC(CC)C3=O)s1. The van der Waals surface area contributed by atoms with Crippen molar-refractivity contribution < 1.29 is 9.59 Å². The fraction of sp³-hybridized carbons (Fsp3) is 0.278. The Morgan fingerprint density at radius 2 is 2.22 bits per heavy atom. The lowest BCUT2D eigenvalue weighted by Gasteiger charge is -2.22. The highest BCUT2D eigenvalue weighted by molar-refractivity contribution is 7.18. The quantitative estimate of drug-likeness (QED) is 0.832.